The molecule has 1 amide bonds. The van der Waals surface area contributed by atoms with Gasteiger partial charge in [-0.15, -0.1) is 0 Å². The third-order valence-electron chi connectivity index (χ3n) is 3.70. The summed E-state index contributed by atoms with van der Waals surface area (Å²) >= 11 is 0. The number of amides is 1. The van der Waals surface area contributed by atoms with Gasteiger partial charge >= 0.3 is 0 Å². The van der Waals surface area contributed by atoms with Crippen LogP contribution in [0.25, 0.3) is 0 Å². The molecule has 7 heteroatoms. The first-order valence-corrected chi connectivity index (χ1v) is 8.59. The molecule has 0 aliphatic carbocycles. The monoisotopic (exact) mass is 311 g/mol. The molecule has 4 N–H and O–H groups in total. The SMILES string of the molecule is CC(NC1CCCCNC1=O)c1ccc(S(N)(=O)=O)cc1. The number of nitrogens with two attached hydrogens (primary N) is 1. The average Bonchev–Trinajstić information content (AvgIpc) is 2.63. The van der Waals surface area contributed by atoms with Gasteiger partial charge in [0.1, 0.15) is 0 Å². The molecule has 2 atom stereocenters. The number of hydrogen-bond donors (Lipinski definition) is 3. The van der Waals surface area contributed by atoms with E-state index < -0.39 is 10.0 Å². The Bertz CT molecular complexity index is 598. The van der Waals surface area contributed by atoms with Crippen molar-refractivity contribution in [2.24, 2.45) is 5.14 Å². The fourth-order valence-corrected chi connectivity index (χ4v) is 2.96. The molecule has 1 aliphatic heterocycles. The van der Waals surface area contributed by atoms with Crippen molar-refractivity contribution < 1.29 is 13.2 Å². The molecule has 2 unspecified atom stereocenters. The first-order valence-electron chi connectivity index (χ1n) is 7.04. The Hall–Kier alpha value is -1.44. The highest BCUT2D eigenvalue weighted by Gasteiger charge is 2.22. The predicted octanol–water partition coefficient (Wildman–Crippen LogP) is 0.653. The summed E-state index contributed by atoms with van der Waals surface area (Å²) in [5.41, 5.74) is 0.916. The molecular formula is C14H21N3O3S. The lowest BCUT2D eigenvalue weighted by atomic mass is 10.1. The van der Waals surface area contributed by atoms with Crippen molar-refractivity contribution in [1.82, 2.24) is 10.6 Å². The van der Waals surface area contributed by atoms with Crippen LogP contribution < -0.4 is 15.8 Å². The topological polar surface area (TPSA) is 101 Å². The molecule has 1 saturated heterocycles. The van der Waals surface area contributed by atoms with Crippen LogP contribution in [0.1, 0.15) is 37.8 Å². The van der Waals surface area contributed by atoms with Crippen molar-refractivity contribution >= 4 is 15.9 Å². The normalized spacial score (nSPS) is 21.4. The highest BCUT2D eigenvalue weighted by molar-refractivity contribution is 7.89. The van der Waals surface area contributed by atoms with Gasteiger partial charge in [-0.2, -0.15) is 0 Å². The molecule has 6 nitrogen and oxygen atoms in total. The first-order chi connectivity index (χ1) is 9.88. The van der Waals surface area contributed by atoms with Gasteiger partial charge in [0.15, 0.2) is 0 Å². The van der Waals surface area contributed by atoms with E-state index >= 15 is 0 Å². The number of carbonyl (C=O) groups is 1. The number of benzene rings is 1. The lowest BCUT2D eigenvalue weighted by Crippen LogP contribution is -2.43. The second kappa shape index (κ2) is 6.55. The second-order valence-electron chi connectivity index (χ2n) is 5.34. The lowest BCUT2D eigenvalue weighted by Gasteiger charge is -2.21. The van der Waals surface area contributed by atoms with Crippen LogP contribution >= 0.6 is 0 Å². The number of nitrogens with one attached hydrogen (secondary N) is 2. The molecule has 1 aliphatic rings. The predicted molar refractivity (Wildman–Crippen MR) is 80.0 cm³/mol. The molecule has 0 bridgehead atoms. The van der Waals surface area contributed by atoms with E-state index in [-0.39, 0.29) is 22.9 Å². The molecule has 1 aromatic rings. The van der Waals surface area contributed by atoms with Crippen molar-refractivity contribution in [1.29, 1.82) is 0 Å². The van der Waals surface area contributed by atoms with Gasteiger partial charge < -0.3 is 5.32 Å². The average molecular weight is 311 g/mol. The third-order valence-corrected chi connectivity index (χ3v) is 4.62. The van der Waals surface area contributed by atoms with Gasteiger partial charge in [-0.3, -0.25) is 10.1 Å². The molecular weight excluding hydrogens is 290 g/mol. The molecule has 1 fully saturated rings. The van der Waals surface area contributed by atoms with Crippen molar-refractivity contribution in [3.8, 4) is 0 Å². The minimum absolute atomic E-state index is 0.0282. The van der Waals surface area contributed by atoms with Gasteiger partial charge in [-0.1, -0.05) is 12.1 Å². The maximum absolute atomic E-state index is 11.9. The smallest absolute Gasteiger partial charge is 0.238 e. The minimum Gasteiger partial charge on any atom is -0.355 e. The number of sulfonamides is 1. The molecule has 21 heavy (non-hydrogen) atoms. The maximum atomic E-state index is 11.9. The van der Waals surface area contributed by atoms with Gasteiger partial charge in [0.05, 0.1) is 10.9 Å². The minimum atomic E-state index is -3.67. The van der Waals surface area contributed by atoms with Gasteiger partial charge in [0.2, 0.25) is 15.9 Å². The fraction of sp³-hybridized carbons (Fsp3) is 0.500. The van der Waals surface area contributed by atoms with E-state index in [9.17, 15) is 13.2 Å². The molecule has 2 rings (SSSR count). The lowest BCUT2D eigenvalue weighted by molar-refractivity contribution is -0.123. The van der Waals surface area contributed by atoms with Gasteiger partial charge in [-0.05, 0) is 43.9 Å². The quantitative estimate of drug-likeness (QED) is 0.760. The van der Waals surface area contributed by atoms with Crippen LogP contribution in [-0.2, 0) is 14.8 Å². The molecule has 1 heterocycles. The zero-order valence-corrected chi connectivity index (χ0v) is 12.8. The van der Waals surface area contributed by atoms with Gasteiger partial charge in [0.25, 0.3) is 0 Å². The summed E-state index contributed by atoms with van der Waals surface area (Å²) in [5, 5.41) is 11.2. The number of rotatable bonds is 4. The largest absolute Gasteiger partial charge is 0.355 e. The van der Waals surface area contributed by atoms with Crippen LogP contribution in [0.5, 0.6) is 0 Å². The molecule has 0 saturated carbocycles. The van der Waals surface area contributed by atoms with Crippen molar-refractivity contribution in [3.05, 3.63) is 29.8 Å². The highest BCUT2D eigenvalue weighted by Crippen LogP contribution is 2.17. The van der Waals surface area contributed by atoms with Gasteiger partial charge in [0, 0.05) is 12.6 Å². The Kier molecular flexibility index (Phi) is 4.97. The summed E-state index contributed by atoms with van der Waals surface area (Å²) in [6, 6.07) is 6.14. The Balaban J connectivity index is 2.05. The van der Waals surface area contributed by atoms with E-state index in [1.807, 2.05) is 6.92 Å². The first kappa shape index (κ1) is 15.9. The summed E-state index contributed by atoms with van der Waals surface area (Å²) in [6.07, 6.45) is 2.82. The van der Waals surface area contributed by atoms with E-state index in [0.717, 1.165) is 31.4 Å². The van der Waals surface area contributed by atoms with Crippen molar-refractivity contribution in [2.75, 3.05) is 6.54 Å². The molecule has 0 spiro atoms. The fourth-order valence-electron chi connectivity index (χ4n) is 2.44. The molecule has 0 radical (unpaired) electrons. The van der Waals surface area contributed by atoms with E-state index in [4.69, 9.17) is 5.14 Å². The number of hydrogen-bond acceptors (Lipinski definition) is 4. The van der Waals surface area contributed by atoms with Crippen LogP contribution in [0.4, 0.5) is 0 Å². The number of carbonyl (C=O) groups excluding carboxylic acids is 1. The highest BCUT2D eigenvalue weighted by atomic mass is 32.2. The standard InChI is InChI=1S/C14H21N3O3S/c1-10(17-13-4-2-3-9-16-14(13)18)11-5-7-12(8-6-11)21(15,19)20/h5-8,10,13,17H,2-4,9H2,1H3,(H,16,18)(H2,15,19,20). The Morgan fingerprint density at radius 1 is 1.29 bits per heavy atom. The maximum Gasteiger partial charge on any atom is 0.238 e. The summed E-state index contributed by atoms with van der Waals surface area (Å²) < 4.78 is 22.4. The zero-order valence-electron chi connectivity index (χ0n) is 12.0. The summed E-state index contributed by atoms with van der Waals surface area (Å²) in [4.78, 5) is 12.0. The Labute approximate surface area is 125 Å². The summed E-state index contributed by atoms with van der Waals surface area (Å²) in [5.74, 6) is 0.0282. The van der Waals surface area contributed by atoms with Crippen molar-refractivity contribution in [3.63, 3.8) is 0 Å². The molecule has 0 aromatic heterocycles. The van der Waals surface area contributed by atoms with E-state index in [0.29, 0.717) is 0 Å². The van der Waals surface area contributed by atoms with Crippen LogP contribution in [-0.4, -0.2) is 26.9 Å². The van der Waals surface area contributed by atoms with Crippen molar-refractivity contribution in [2.45, 2.75) is 43.2 Å². The van der Waals surface area contributed by atoms with E-state index in [1.54, 1.807) is 12.1 Å². The van der Waals surface area contributed by atoms with Crippen LogP contribution in [0, 0.1) is 0 Å². The number of primary sulfonamides is 1. The van der Waals surface area contributed by atoms with Crippen LogP contribution in [0.15, 0.2) is 29.2 Å². The second-order valence-corrected chi connectivity index (χ2v) is 6.90. The zero-order chi connectivity index (χ0) is 15.5. The van der Waals surface area contributed by atoms with Crippen LogP contribution in [0.3, 0.4) is 0 Å². The van der Waals surface area contributed by atoms with E-state index in [1.165, 1.54) is 12.1 Å². The molecule has 116 valence electrons. The van der Waals surface area contributed by atoms with E-state index in [2.05, 4.69) is 10.6 Å². The summed E-state index contributed by atoms with van der Waals surface area (Å²) in [6.45, 7) is 2.68. The van der Waals surface area contributed by atoms with Crippen LogP contribution in [0.2, 0.25) is 0 Å². The summed E-state index contributed by atoms with van der Waals surface area (Å²) in [7, 11) is -3.67. The molecule has 1 aromatic carbocycles. The third kappa shape index (κ3) is 4.26. The van der Waals surface area contributed by atoms with Gasteiger partial charge in [-0.25, -0.2) is 13.6 Å². The Morgan fingerprint density at radius 2 is 1.95 bits per heavy atom. The Morgan fingerprint density at radius 3 is 2.57 bits per heavy atom.